The smallest absolute Gasteiger partial charge is 0.253 e. The summed E-state index contributed by atoms with van der Waals surface area (Å²) >= 11 is 0. The van der Waals surface area contributed by atoms with E-state index < -0.39 is 8.07 Å². The summed E-state index contributed by atoms with van der Waals surface area (Å²) in [6, 6.07) is 0. The zero-order chi connectivity index (χ0) is 9.19. The predicted octanol–water partition coefficient (Wildman–Crippen LogP) is 1.16. The lowest BCUT2D eigenvalue weighted by Crippen LogP contribution is -2.28. The standard InChI is InChI=1S/C7H15N3OSi/c1-11-7-5-10(9-8-7)6-12(2,3)4/h5H,6H2,1-4H3. The van der Waals surface area contributed by atoms with Crippen molar-refractivity contribution in [2.75, 3.05) is 7.11 Å². The Labute approximate surface area is 73.5 Å². The molecule has 0 aliphatic heterocycles. The van der Waals surface area contributed by atoms with Crippen LogP contribution in [0.15, 0.2) is 6.20 Å². The van der Waals surface area contributed by atoms with E-state index in [0.29, 0.717) is 5.88 Å². The molecule has 0 fully saturated rings. The lowest BCUT2D eigenvalue weighted by atomic mass is 10.8. The lowest BCUT2D eigenvalue weighted by Gasteiger charge is -2.14. The second kappa shape index (κ2) is 3.26. The molecular weight excluding hydrogens is 170 g/mol. The highest BCUT2D eigenvalue weighted by Gasteiger charge is 2.14. The fourth-order valence-electron chi connectivity index (χ4n) is 0.937. The molecule has 68 valence electrons. The van der Waals surface area contributed by atoms with Crippen molar-refractivity contribution in [1.82, 2.24) is 15.0 Å². The van der Waals surface area contributed by atoms with Gasteiger partial charge in [-0.1, -0.05) is 30.0 Å². The minimum absolute atomic E-state index is 0.591. The van der Waals surface area contributed by atoms with Crippen LogP contribution in [0.5, 0.6) is 5.88 Å². The molecule has 1 aromatic rings. The summed E-state index contributed by atoms with van der Waals surface area (Å²) in [5.74, 6) is 0.591. The van der Waals surface area contributed by atoms with Crippen molar-refractivity contribution in [3.05, 3.63) is 6.20 Å². The van der Waals surface area contributed by atoms with Crippen molar-refractivity contribution in [3.8, 4) is 5.88 Å². The minimum atomic E-state index is -1.09. The minimum Gasteiger partial charge on any atom is -0.479 e. The summed E-state index contributed by atoms with van der Waals surface area (Å²) in [7, 11) is 0.508. The molecule has 0 atom stereocenters. The van der Waals surface area contributed by atoms with E-state index in [9.17, 15) is 0 Å². The maximum atomic E-state index is 4.93. The molecule has 0 radical (unpaired) electrons. The van der Waals surface area contributed by atoms with E-state index in [4.69, 9.17) is 4.74 Å². The van der Waals surface area contributed by atoms with Gasteiger partial charge in [-0.15, -0.1) is 0 Å². The first kappa shape index (κ1) is 9.25. The van der Waals surface area contributed by atoms with Gasteiger partial charge in [-0.3, -0.25) is 4.68 Å². The molecule has 0 saturated heterocycles. The molecule has 0 amide bonds. The van der Waals surface area contributed by atoms with Crippen molar-refractivity contribution in [1.29, 1.82) is 0 Å². The van der Waals surface area contributed by atoms with Gasteiger partial charge in [0.2, 0.25) is 0 Å². The van der Waals surface area contributed by atoms with Gasteiger partial charge in [0.1, 0.15) is 0 Å². The Hall–Kier alpha value is -0.843. The maximum Gasteiger partial charge on any atom is 0.253 e. The third-order valence-corrected chi connectivity index (χ3v) is 2.64. The fourth-order valence-corrected chi connectivity index (χ4v) is 2.06. The first-order chi connectivity index (χ1) is 5.51. The van der Waals surface area contributed by atoms with Crippen LogP contribution >= 0.6 is 0 Å². The Morgan fingerprint density at radius 1 is 1.50 bits per heavy atom. The molecule has 1 aromatic heterocycles. The summed E-state index contributed by atoms with van der Waals surface area (Å²) in [6.07, 6.45) is 2.82. The largest absolute Gasteiger partial charge is 0.479 e. The summed E-state index contributed by atoms with van der Waals surface area (Å²) < 4.78 is 6.78. The number of rotatable bonds is 3. The van der Waals surface area contributed by atoms with Gasteiger partial charge in [0.15, 0.2) is 0 Å². The molecule has 0 aliphatic carbocycles. The summed E-state index contributed by atoms with van der Waals surface area (Å²) in [4.78, 5) is 0. The van der Waals surface area contributed by atoms with Crippen LogP contribution in [0, 0.1) is 0 Å². The van der Waals surface area contributed by atoms with E-state index in [1.807, 2.05) is 10.9 Å². The lowest BCUT2D eigenvalue weighted by molar-refractivity contribution is 0.397. The van der Waals surface area contributed by atoms with Crippen LogP contribution in [-0.2, 0) is 6.17 Å². The molecule has 4 nitrogen and oxygen atoms in total. The van der Waals surface area contributed by atoms with Gasteiger partial charge in [0, 0.05) is 6.17 Å². The number of ether oxygens (including phenoxy) is 1. The maximum absolute atomic E-state index is 4.93. The van der Waals surface area contributed by atoms with Crippen molar-refractivity contribution >= 4 is 8.07 Å². The molecular formula is C7H15N3OSi. The van der Waals surface area contributed by atoms with Crippen LogP contribution in [0.2, 0.25) is 19.6 Å². The molecule has 0 N–H and O–H groups in total. The van der Waals surface area contributed by atoms with Gasteiger partial charge in [-0.2, -0.15) is 0 Å². The first-order valence-corrected chi connectivity index (χ1v) is 7.66. The predicted molar refractivity (Wildman–Crippen MR) is 49.9 cm³/mol. The SMILES string of the molecule is COc1cn(C[Si](C)(C)C)nn1. The van der Waals surface area contributed by atoms with Crippen LogP contribution in [0.1, 0.15) is 0 Å². The highest BCUT2D eigenvalue weighted by Crippen LogP contribution is 2.07. The van der Waals surface area contributed by atoms with Gasteiger partial charge in [0.05, 0.1) is 21.4 Å². The molecule has 0 unspecified atom stereocenters. The molecule has 0 saturated carbocycles. The normalized spacial score (nSPS) is 11.7. The Kier molecular flexibility index (Phi) is 2.51. The van der Waals surface area contributed by atoms with Crippen molar-refractivity contribution in [2.24, 2.45) is 0 Å². The second-order valence-corrected chi connectivity index (χ2v) is 9.46. The number of hydrogen-bond donors (Lipinski definition) is 0. The molecule has 1 rings (SSSR count). The number of methoxy groups -OCH3 is 1. The van der Waals surface area contributed by atoms with E-state index in [0.717, 1.165) is 6.17 Å². The Bertz CT molecular complexity index is 253. The highest BCUT2D eigenvalue weighted by molar-refractivity contribution is 6.74. The van der Waals surface area contributed by atoms with Crippen LogP contribution in [0.25, 0.3) is 0 Å². The average molecular weight is 185 g/mol. The topological polar surface area (TPSA) is 39.9 Å². The molecule has 0 aliphatic rings. The third-order valence-electron chi connectivity index (χ3n) is 1.36. The van der Waals surface area contributed by atoms with Gasteiger partial charge in [-0.25, -0.2) is 0 Å². The van der Waals surface area contributed by atoms with Gasteiger partial charge < -0.3 is 4.74 Å². The quantitative estimate of drug-likeness (QED) is 0.664. The van der Waals surface area contributed by atoms with E-state index in [1.165, 1.54) is 0 Å². The monoisotopic (exact) mass is 185 g/mol. The van der Waals surface area contributed by atoms with Crippen molar-refractivity contribution in [3.63, 3.8) is 0 Å². The van der Waals surface area contributed by atoms with Crippen LogP contribution in [0.3, 0.4) is 0 Å². The summed E-state index contributed by atoms with van der Waals surface area (Å²) in [5, 5.41) is 7.78. The van der Waals surface area contributed by atoms with E-state index in [1.54, 1.807) is 7.11 Å². The zero-order valence-electron chi connectivity index (χ0n) is 8.03. The summed E-state index contributed by atoms with van der Waals surface area (Å²) in [6.45, 7) is 6.88. The van der Waals surface area contributed by atoms with Crippen molar-refractivity contribution in [2.45, 2.75) is 25.8 Å². The fraction of sp³-hybridized carbons (Fsp3) is 0.714. The molecule has 5 heteroatoms. The van der Waals surface area contributed by atoms with Crippen LogP contribution in [0.4, 0.5) is 0 Å². The van der Waals surface area contributed by atoms with E-state index >= 15 is 0 Å². The van der Waals surface area contributed by atoms with Crippen LogP contribution in [-0.4, -0.2) is 30.2 Å². The van der Waals surface area contributed by atoms with Crippen molar-refractivity contribution < 1.29 is 4.74 Å². The molecule has 0 spiro atoms. The second-order valence-electron chi connectivity index (χ2n) is 4.02. The molecule has 1 heterocycles. The summed E-state index contributed by atoms with van der Waals surface area (Å²) in [5.41, 5.74) is 0. The number of aromatic nitrogens is 3. The average Bonchev–Trinajstić information content (AvgIpc) is 2.32. The Balaban J connectivity index is 2.64. The Morgan fingerprint density at radius 3 is 2.58 bits per heavy atom. The Morgan fingerprint density at radius 2 is 2.17 bits per heavy atom. The molecule has 12 heavy (non-hydrogen) atoms. The van der Waals surface area contributed by atoms with Gasteiger partial charge in [-0.05, 0) is 0 Å². The van der Waals surface area contributed by atoms with E-state index in [2.05, 4.69) is 30.0 Å². The van der Waals surface area contributed by atoms with E-state index in [-0.39, 0.29) is 0 Å². The number of nitrogens with zero attached hydrogens (tertiary/aromatic N) is 3. The van der Waals surface area contributed by atoms with Gasteiger partial charge in [0.25, 0.3) is 5.88 Å². The number of hydrogen-bond acceptors (Lipinski definition) is 3. The molecule has 0 bridgehead atoms. The zero-order valence-corrected chi connectivity index (χ0v) is 9.03. The molecule has 0 aromatic carbocycles. The first-order valence-electron chi connectivity index (χ1n) is 3.95. The highest BCUT2D eigenvalue weighted by atomic mass is 28.3. The van der Waals surface area contributed by atoms with Crippen LogP contribution < -0.4 is 4.74 Å². The third kappa shape index (κ3) is 2.65. The van der Waals surface area contributed by atoms with Gasteiger partial charge >= 0.3 is 0 Å².